The molecule has 0 unspecified atom stereocenters. The van der Waals surface area contributed by atoms with Crippen molar-refractivity contribution in [1.82, 2.24) is 0 Å². The number of aryl methyl sites for hydroxylation is 1. The molecule has 0 aliphatic rings. The topological polar surface area (TPSA) is 52.4 Å². The molecule has 1 rings (SSSR count). The number of hydrogen-bond donors (Lipinski definition) is 0. The zero-order chi connectivity index (χ0) is 10.7. The second-order valence-electron chi connectivity index (χ2n) is 2.76. The number of halogens is 1. The molecule has 76 valence electrons. The number of nitrogens with zero attached hydrogens (tertiary/aromatic N) is 1. The van der Waals surface area contributed by atoms with Crippen molar-refractivity contribution in [1.29, 1.82) is 0 Å². The minimum Gasteiger partial charge on any atom is -0.494 e. The summed E-state index contributed by atoms with van der Waals surface area (Å²) in [4.78, 5) is 10.0. The van der Waals surface area contributed by atoms with Crippen molar-refractivity contribution in [3.8, 4) is 5.75 Å². The van der Waals surface area contributed by atoms with Gasteiger partial charge in [-0.1, -0.05) is 11.6 Å². The van der Waals surface area contributed by atoms with Crippen LogP contribution in [0, 0.1) is 17.0 Å². The summed E-state index contributed by atoms with van der Waals surface area (Å²) in [7, 11) is 0. The molecule has 0 radical (unpaired) electrons. The second kappa shape index (κ2) is 4.28. The lowest BCUT2D eigenvalue weighted by atomic mass is 10.2. The number of hydrogen-bond acceptors (Lipinski definition) is 3. The van der Waals surface area contributed by atoms with Crippen LogP contribution in [0.2, 0.25) is 5.02 Å². The van der Waals surface area contributed by atoms with Crippen LogP contribution in [-0.4, -0.2) is 11.5 Å². The van der Waals surface area contributed by atoms with Gasteiger partial charge in [0.2, 0.25) is 0 Å². The van der Waals surface area contributed by atoms with Crippen molar-refractivity contribution in [2.24, 2.45) is 0 Å². The molecule has 0 N–H and O–H groups in total. The Morgan fingerprint density at radius 2 is 2.21 bits per heavy atom. The van der Waals surface area contributed by atoms with E-state index in [9.17, 15) is 10.1 Å². The van der Waals surface area contributed by atoms with Gasteiger partial charge >= 0.3 is 0 Å². The maximum atomic E-state index is 10.5. The first-order chi connectivity index (χ1) is 6.56. The van der Waals surface area contributed by atoms with Gasteiger partial charge in [0.15, 0.2) is 0 Å². The zero-order valence-electron chi connectivity index (χ0n) is 7.91. The van der Waals surface area contributed by atoms with E-state index >= 15 is 0 Å². The van der Waals surface area contributed by atoms with Gasteiger partial charge in [0.25, 0.3) is 5.69 Å². The summed E-state index contributed by atoms with van der Waals surface area (Å²) in [6.45, 7) is 4.10. The first-order valence-corrected chi connectivity index (χ1v) is 4.51. The van der Waals surface area contributed by atoms with Gasteiger partial charge in [0.1, 0.15) is 10.8 Å². The zero-order valence-corrected chi connectivity index (χ0v) is 8.67. The van der Waals surface area contributed by atoms with Gasteiger partial charge in [-0.2, -0.15) is 0 Å². The maximum absolute atomic E-state index is 10.5. The fraction of sp³-hybridized carbons (Fsp3) is 0.333. The molecule has 5 heteroatoms. The van der Waals surface area contributed by atoms with Crippen LogP contribution >= 0.6 is 11.6 Å². The molecule has 0 saturated carbocycles. The Kier molecular flexibility index (Phi) is 3.30. The molecule has 1 aromatic carbocycles. The molecule has 0 bridgehead atoms. The Balaban J connectivity index is 3.17. The molecule has 0 atom stereocenters. The van der Waals surface area contributed by atoms with Gasteiger partial charge in [0, 0.05) is 12.1 Å². The molecular formula is C9H10ClNO3. The van der Waals surface area contributed by atoms with Crippen LogP contribution in [0.4, 0.5) is 5.69 Å². The highest BCUT2D eigenvalue weighted by Crippen LogP contribution is 2.31. The molecule has 0 spiro atoms. The lowest BCUT2D eigenvalue weighted by Crippen LogP contribution is -1.96. The van der Waals surface area contributed by atoms with E-state index in [2.05, 4.69) is 0 Å². The van der Waals surface area contributed by atoms with Crippen LogP contribution in [0.3, 0.4) is 0 Å². The maximum Gasteiger partial charge on any atom is 0.288 e. The van der Waals surface area contributed by atoms with Crippen molar-refractivity contribution in [2.75, 3.05) is 6.61 Å². The largest absolute Gasteiger partial charge is 0.494 e. The smallest absolute Gasteiger partial charge is 0.288 e. The van der Waals surface area contributed by atoms with Gasteiger partial charge in [-0.25, -0.2) is 0 Å². The Morgan fingerprint density at radius 1 is 1.57 bits per heavy atom. The van der Waals surface area contributed by atoms with Crippen molar-refractivity contribution in [2.45, 2.75) is 13.8 Å². The highest BCUT2D eigenvalue weighted by Gasteiger charge is 2.15. The summed E-state index contributed by atoms with van der Waals surface area (Å²) in [6, 6.07) is 2.88. The Bertz CT molecular complexity index is 365. The molecule has 0 aromatic heterocycles. The van der Waals surface area contributed by atoms with Crippen molar-refractivity contribution >= 4 is 17.3 Å². The van der Waals surface area contributed by atoms with Gasteiger partial charge in [-0.05, 0) is 19.4 Å². The van der Waals surface area contributed by atoms with Gasteiger partial charge in [-0.15, -0.1) is 0 Å². The Morgan fingerprint density at radius 3 is 2.71 bits per heavy atom. The van der Waals surface area contributed by atoms with E-state index in [0.717, 1.165) is 0 Å². The highest BCUT2D eigenvalue weighted by molar-refractivity contribution is 6.32. The van der Waals surface area contributed by atoms with Crippen LogP contribution in [0.15, 0.2) is 12.1 Å². The molecular weight excluding hydrogens is 206 g/mol. The predicted molar refractivity (Wildman–Crippen MR) is 54.0 cm³/mol. The van der Waals surface area contributed by atoms with Crippen LogP contribution in [0.1, 0.15) is 12.5 Å². The summed E-state index contributed by atoms with van der Waals surface area (Å²) >= 11 is 5.71. The van der Waals surface area contributed by atoms with E-state index in [0.29, 0.717) is 17.9 Å². The van der Waals surface area contributed by atoms with E-state index in [1.54, 1.807) is 6.92 Å². The SMILES string of the molecule is CCOc1cc(Cl)c([N+](=O)[O-])cc1C. The lowest BCUT2D eigenvalue weighted by molar-refractivity contribution is -0.384. The van der Waals surface area contributed by atoms with E-state index in [4.69, 9.17) is 16.3 Å². The minimum atomic E-state index is -0.509. The molecule has 14 heavy (non-hydrogen) atoms. The van der Waals surface area contributed by atoms with E-state index < -0.39 is 4.92 Å². The lowest BCUT2D eigenvalue weighted by Gasteiger charge is -2.07. The first kappa shape index (κ1) is 10.8. The number of ether oxygens (including phenoxy) is 1. The molecule has 0 heterocycles. The summed E-state index contributed by atoms with van der Waals surface area (Å²) in [6.07, 6.45) is 0. The third kappa shape index (κ3) is 2.14. The van der Waals surface area contributed by atoms with Gasteiger partial charge in [-0.3, -0.25) is 10.1 Å². The highest BCUT2D eigenvalue weighted by atomic mass is 35.5. The van der Waals surface area contributed by atoms with Crippen molar-refractivity contribution < 1.29 is 9.66 Å². The molecule has 0 aliphatic heterocycles. The minimum absolute atomic E-state index is 0.0902. The average Bonchev–Trinajstić information content (AvgIpc) is 2.10. The standard InChI is InChI=1S/C9H10ClNO3/c1-3-14-9-5-7(10)8(11(12)13)4-6(9)2/h4-5H,3H2,1-2H3. The number of rotatable bonds is 3. The molecule has 0 amide bonds. The first-order valence-electron chi connectivity index (χ1n) is 4.13. The third-order valence-corrected chi connectivity index (χ3v) is 2.04. The van der Waals surface area contributed by atoms with E-state index in [1.807, 2.05) is 6.92 Å². The number of nitro benzene ring substituents is 1. The van der Waals surface area contributed by atoms with Gasteiger partial charge in [0.05, 0.1) is 11.5 Å². The Hall–Kier alpha value is -1.29. The molecule has 4 nitrogen and oxygen atoms in total. The summed E-state index contributed by atoms with van der Waals surface area (Å²) < 4.78 is 5.25. The van der Waals surface area contributed by atoms with Crippen LogP contribution < -0.4 is 4.74 Å². The van der Waals surface area contributed by atoms with Crippen LogP contribution in [0.5, 0.6) is 5.75 Å². The van der Waals surface area contributed by atoms with Crippen LogP contribution in [-0.2, 0) is 0 Å². The predicted octanol–water partition coefficient (Wildman–Crippen LogP) is 2.96. The molecule has 1 aromatic rings. The van der Waals surface area contributed by atoms with E-state index in [-0.39, 0.29) is 10.7 Å². The summed E-state index contributed by atoms with van der Waals surface area (Å²) in [5.74, 6) is 0.586. The van der Waals surface area contributed by atoms with Crippen LogP contribution in [0.25, 0.3) is 0 Å². The normalized spacial score (nSPS) is 9.93. The van der Waals surface area contributed by atoms with Gasteiger partial charge < -0.3 is 4.74 Å². The fourth-order valence-electron chi connectivity index (χ4n) is 1.10. The summed E-state index contributed by atoms with van der Waals surface area (Å²) in [5.41, 5.74) is 0.621. The number of nitro groups is 1. The fourth-order valence-corrected chi connectivity index (χ4v) is 1.32. The Labute approximate surface area is 86.6 Å². The van der Waals surface area contributed by atoms with Crippen molar-refractivity contribution in [3.05, 3.63) is 32.8 Å². The number of benzene rings is 1. The molecule has 0 fully saturated rings. The van der Waals surface area contributed by atoms with E-state index in [1.165, 1.54) is 12.1 Å². The molecule has 0 saturated heterocycles. The third-order valence-electron chi connectivity index (χ3n) is 1.74. The quantitative estimate of drug-likeness (QED) is 0.575. The summed E-state index contributed by atoms with van der Waals surface area (Å²) in [5, 5.41) is 10.6. The van der Waals surface area contributed by atoms with Crippen molar-refractivity contribution in [3.63, 3.8) is 0 Å². The monoisotopic (exact) mass is 215 g/mol. The average molecular weight is 216 g/mol. The molecule has 0 aliphatic carbocycles. The second-order valence-corrected chi connectivity index (χ2v) is 3.17.